The van der Waals surface area contributed by atoms with Crippen LogP contribution in [0.4, 0.5) is 4.39 Å². The molecule has 0 bridgehead atoms. The number of Topliss-reactive ketones (excluding diaryl/α,β-unsaturated/α-hetero) is 1. The molecule has 0 amide bonds. The molecular weight excluding hydrogens is 345 g/mol. The lowest BCUT2D eigenvalue weighted by Gasteiger charge is -2.09. The zero-order valence-electron chi connectivity index (χ0n) is 14.1. The number of rotatable bonds is 5. The van der Waals surface area contributed by atoms with E-state index >= 15 is 0 Å². The molecule has 3 aromatic rings. The van der Waals surface area contributed by atoms with Gasteiger partial charge in [-0.25, -0.2) is 4.39 Å². The second-order valence-electron chi connectivity index (χ2n) is 5.70. The molecule has 0 aliphatic carbocycles. The molecule has 1 N–H and O–H groups in total. The largest absolute Gasteiger partial charge is 0.496 e. The lowest BCUT2D eigenvalue weighted by atomic mass is 10.00. The van der Waals surface area contributed by atoms with Crippen molar-refractivity contribution in [2.45, 2.75) is 13.3 Å². The fourth-order valence-electron chi connectivity index (χ4n) is 2.89. The number of hydrogen-bond acceptors (Lipinski definition) is 3. The highest BCUT2D eigenvalue weighted by Crippen LogP contribution is 2.32. The summed E-state index contributed by atoms with van der Waals surface area (Å²) in [5, 5.41) is 0.796. The zero-order valence-corrected chi connectivity index (χ0v) is 14.8. The van der Waals surface area contributed by atoms with Crippen LogP contribution in [-0.4, -0.2) is 25.0 Å². The van der Waals surface area contributed by atoms with Crippen LogP contribution < -0.4 is 9.47 Å². The molecule has 0 saturated heterocycles. The van der Waals surface area contributed by atoms with Crippen molar-refractivity contribution in [3.8, 4) is 11.5 Å². The van der Waals surface area contributed by atoms with Gasteiger partial charge in [-0.2, -0.15) is 0 Å². The lowest BCUT2D eigenvalue weighted by molar-refractivity contribution is 0.0993. The molecule has 0 radical (unpaired) electrons. The number of fused-ring (bicyclic) bond motifs is 1. The fraction of sp³-hybridized carbons (Fsp3) is 0.211. The highest BCUT2D eigenvalue weighted by molar-refractivity contribution is 6.30. The average Bonchev–Trinajstić information content (AvgIpc) is 3.03. The van der Waals surface area contributed by atoms with Crippen LogP contribution in [0.5, 0.6) is 11.5 Å². The van der Waals surface area contributed by atoms with Gasteiger partial charge >= 0.3 is 0 Å². The van der Waals surface area contributed by atoms with Crippen molar-refractivity contribution in [2.75, 3.05) is 14.2 Å². The van der Waals surface area contributed by atoms with Crippen molar-refractivity contribution in [1.82, 2.24) is 4.98 Å². The van der Waals surface area contributed by atoms with Crippen LogP contribution in [0, 0.1) is 12.7 Å². The summed E-state index contributed by atoms with van der Waals surface area (Å²) in [6.45, 7) is 1.62. The summed E-state index contributed by atoms with van der Waals surface area (Å²) in [7, 11) is 3.00. The number of nitrogens with one attached hydrogen (secondary N) is 1. The molecule has 25 heavy (non-hydrogen) atoms. The number of ether oxygens (including phenoxy) is 2. The number of carbonyl (C=O) groups is 1. The predicted molar refractivity (Wildman–Crippen MR) is 95.6 cm³/mol. The normalized spacial score (nSPS) is 10.9. The quantitative estimate of drug-likeness (QED) is 0.669. The van der Waals surface area contributed by atoms with Gasteiger partial charge in [0.25, 0.3) is 0 Å². The Morgan fingerprint density at radius 1 is 1.20 bits per heavy atom. The monoisotopic (exact) mass is 361 g/mol. The number of carbonyl (C=O) groups excluding carboxylic acids is 1. The molecule has 1 heterocycles. The van der Waals surface area contributed by atoms with Gasteiger partial charge in [0, 0.05) is 45.8 Å². The standard InChI is InChI=1S/C19H17ClFNO3/c1-10-16(24-2)8-14-18(19(10)21)13(9-22-14)15(23)6-11-4-5-12(20)7-17(11)25-3/h4-5,7-9,22H,6H2,1-3H3. The Morgan fingerprint density at radius 3 is 2.60 bits per heavy atom. The van der Waals surface area contributed by atoms with E-state index in [1.165, 1.54) is 20.4 Å². The minimum atomic E-state index is -0.456. The highest BCUT2D eigenvalue weighted by Gasteiger charge is 2.20. The summed E-state index contributed by atoms with van der Waals surface area (Å²) >= 11 is 5.95. The molecule has 4 nitrogen and oxygen atoms in total. The first-order valence-corrected chi connectivity index (χ1v) is 8.03. The average molecular weight is 362 g/mol. The minimum Gasteiger partial charge on any atom is -0.496 e. The summed E-state index contributed by atoms with van der Waals surface area (Å²) in [4.78, 5) is 15.7. The number of benzene rings is 2. The number of ketones is 1. The molecule has 2 aromatic carbocycles. The summed E-state index contributed by atoms with van der Waals surface area (Å²) in [6.07, 6.45) is 1.61. The molecule has 0 aliphatic rings. The van der Waals surface area contributed by atoms with Gasteiger partial charge in [0.05, 0.1) is 19.7 Å². The lowest BCUT2D eigenvalue weighted by Crippen LogP contribution is -2.05. The Labute approximate surface area is 149 Å². The first-order chi connectivity index (χ1) is 12.0. The molecule has 6 heteroatoms. The van der Waals surface area contributed by atoms with Crippen LogP contribution >= 0.6 is 11.6 Å². The van der Waals surface area contributed by atoms with Crippen LogP contribution in [0.2, 0.25) is 5.02 Å². The topological polar surface area (TPSA) is 51.3 Å². The molecule has 0 aliphatic heterocycles. The SMILES string of the molecule is COc1cc(Cl)ccc1CC(=O)c1c[nH]c2cc(OC)c(C)c(F)c12. The Bertz CT molecular complexity index is 965. The Hall–Kier alpha value is -2.53. The van der Waals surface area contributed by atoms with Crippen molar-refractivity contribution in [3.63, 3.8) is 0 Å². The van der Waals surface area contributed by atoms with Crippen molar-refractivity contribution in [1.29, 1.82) is 0 Å². The molecule has 0 saturated carbocycles. The number of aromatic amines is 1. The van der Waals surface area contributed by atoms with Gasteiger partial charge in [-0.15, -0.1) is 0 Å². The Morgan fingerprint density at radius 2 is 1.92 bits per heavy atom. The maximum atomic E-state index is 14.7. The van der Waals surface area contributed by atoms with E-state index in [2.05, 4.69) is 4.98 Å². The number of aromatic nitrogens is 1. The molecule has 0 unspecified atom stereocenters. The van der Waals surface area contributed by atoms with Crippen LogP contribution in [0.15, 0.2) is 30.5 Å². The van der Waals surface area contributed by atoms with E-state index in [0.29, 0.717) is 38.7 Å². The van der Waals surface area contributed by atoms with Crippen LogP contribution in [0.3, 0.4) is 0 Å². The number of H-pyrrole nitrogens is 1. The van der Waals surface area contributed by atoms with E-state index < -0.39 is 5.82 Å². The van der Waals surface area contributed by atoms with Crippen molar-refractivity contribution in [3.05, 3.63) is 58.0 Å². The second kappa shape index (κ2) is 6.76. The fourth-order valence-corrected chi connectivity index (χ4v) is 3.05. The number of methoxy groups -OCH3 is 2. The van der Waals surface area contributed by atoms with E-state index in [1.807, 2.05) is 0 Å². The van der Waals surface area contributed by atoms with Gasteiger partial charge in [0.2, 0.25) is 0 Å². The highest BCUT2D eigenvalue weighted by atomic mass is 35.5. The van der Waals surface area contributed by atoms with Gasteiger partial charge in [0.1, 0.15) is 17.3 Å². The molecule has 1 aromatic heterocycles. The van der Waals surface area contributed by atoms with Crippen LogP contribution in [0.25, 0.3) is 10.9 Å². The minimum absolute atomic E-state index is 0.0812. The second-order valence-corrected chi connectivity index (χ2v) is 6.14. The number of hydrogen-bond donors (Lipinski definition) is 1. The number of halogens is 2. The van der Waals surface area contributed by atoms with Gasteiger partial charge < -0.3 is 14.5 Å². The maximum Gasteiger partial charge on any atom is 0.169 e. The van der Waals surface area contributed by atoms with E-state index in [9.17, 15) is 9.18 Å². The van der Waals surface area contributed by atoms with Crippen molar-refractivity contribution < 1.29 is 18.7 Å². The first-order valence-electron chi connectivity index (χ1n) is 7.66. The molecule has 0 atom stereocenters. The van der Waals surface area contributed by atoms with Gasteiger partial charge in [-0.1, -0.05) is 17.7 Å². The van der Waals surface area contributed by atoms with Crippen molar-refractivity contribution in [2.24, 2.45) is 0 Å². The summed E-state index contributed by atoms with van der Waals surface area (Å²) < 4.78 is 25.2. The third-order valence-electron chi connectivity index (χ3n) is 4.22. The summed E-state index contributed by atoms with van der Waals surface area (Å²) in [6, 6.07) is 6.76. The molecule has 0 fully saturated rings. The van der Waals surface area contributed by atoms with E-state index in [4.69, 9.17) is 21.1 Å². The first kappa shape index (κ1) is 17.3. The van der Waals surface area contributed by atoms with Crippen LogP contribution in [0.1, 0.15) is 21.5 Å². The van der Waals surface area contributed by atoms with E-state index in [-0.39, 0.29) is 17.6 Å². The van der Waals surface area contributed by atoms with Crippen LogP contribution in [-0.2, 0) is 6.42 Å². The molecule has 3 rings (SSSR count). The van der Waals surface area contributed by atoms with Gasteiger partial charge in [0.15, 0.2) is 5.78 Å². The third-order valence-corrected chi connectivity index (χ3v) is 4.46. The predicted octanol–water partition coefficient (Wildman–Crippen LogP) is 4.71. The van der Waals surface area contributed by atoms with E-state index in [0.717, 1.165) is 0 Å². The molecular formula is C19H17ClFNO3. The van der Waals surface area contributed by atoms with E-state index in [1.54, 1.807) is 31.2 Å². The third kappa shape index (κ3) is 3.07. The summed E-state index contributed by atoms with van der Waals surface area (Å²) in [5.41, 5.74) is 1.88. The summed E-state index contributed by atoms with van der Waals surface area (Å²) in [5.74, 6) is 0.293. The molecule has 130 valence electrons. The maximum absolute atomic E-state index is 14.7. The zero-order chi connectivity index (χ0) is 18.1. The smallest absolute Gasteiger partial charge is 0.169 e. The van der Waals surface area contributed by atoms with Gasteiger partial charge in [-0.05, 0) is 19.1 Å². The van der Waals surface area contributed by atoms with Crippen molar-refractivity contribution >= 4 is 28.3 Å². The Balaban J connectivity index is 2.02. The van der Waals surface area contributed by atoms with Gasteiger partial charge in [-0.3, -0.25) is 4.79 Å². The molecule has 0 spiro atoms. The Kier molecular flexibility index (Phi) is 4.68.